The molecule has 2 aliphatic rings. The van der Waals surface area contributed by atoms with E-state index >= 15 is 0 Å². The maximum Gasteiger partial charge on any atom is 0.225 e. The maximum absolute atomic E-state index is 5.56. The molecule has 0 saturated heterocycles. The number of fused-ring (bicyclic) bond motifs is 1. The summed E-state index contributed by atoms with van der Waals surface area (Å²) in [6, 6.07) is 7.16. The van der Waals surface area contributed by atoms with E-state index < -0.39 is 0 Å². The predicted octanol–water partition coefficient (Wildman–Crippen LogP) is 4.75. The molecule has 1 saturated carbocycles. The molecule has 1 aromatic carbocycles. The van der Waals surface area contributed by atoms with E-state index in [1.165, 1.54) is 35.2 Å². The summed E-state index contributed by atoms with van der Waals surface area (Å²) in [7, 11) is 4.15. The predicted molar refractivity (Wildman–Crippen MR) is 138 cm³/mol. The highest BCUT2D eigenvalue weighted by Gasteiger charge is 2.24. The fourth-order valence-corrected chi connectivity index (χ4v) is 5.03. The molecule has 3 N–H and O–H groups in total. The summed E-state index contributed by atoms with van der Waals surface area (Å²) < 4.78 is 0. The van der Waals surface area contributed by atoms with Gasteiger partial charge in [0.15, 0.2) is 5.11 Å². The molecule has 6 nitrogen and oxygen atoms in total. The Morgan fingerprint density at radius 2 is 1.69 bits per heavy atom. The van der Waals surface area contributed by atoms with Crippen LogP contribution in [0, 0.1) is 13.8 Å². The van der Waals surface area contributed by atoms with Gasteiger partial charge in [0.1, 0.15) is 5.82 Å². The summed E-state index contributed by atoms with van der Waals surface area (Å²) in [4.78, 5) is 11.9. The van der Waals surface area contributed by atoms with Gasteiger partial charge in [-0.3, -0.25) is 0 Å². The highest BCUT2D eigenvalue weighted by molar-refractivity contribution is 7.80. The minimum absolute atomic E-state index is 0.404. The van der Waals surface area contributed by atoms with Crippen LogP contribution in [-0.2, 0) is 12.8 Å². The lowest BCUT2D eigenvalue weighted by molar-refractivity contribution is 0.387. The molecule has 7 heteroatoms. The van der Waals surface area contributed by atoms with Crippen LogP contribution in [0.15, 0.2) is 18.2 Å². The minimum atomic E-state index is 0.404. The smallest absolute Gasteiger partial charge is 0.225 e. The van der Waals surface area contributed by atoms with Crippen LogP contribution < -0.4 is 20.9 Å². The first kappa shape index (κ1) is 22.8. The molecule has 2 aliphatic carbocycles. The molecule has 0 spiro atoms. The largest absolute Gasteiger partial charge is 0.362 e. The standard InChI is InChI=1S/C25H36N6S/c1-16-9-10-20(15-17(16)2)28-25(32)27-19-13-11-18(12-14-19)26-24-29-22-8-6-5-7-21(22)23(30-24)31(3)4/h9-10,15,18-19H,5-8,11-14H2,1-4H3,(H,26,29,30)(H2,27,28,32)/t18-,19+. The van der Waals surface area contributed by atoms with E-state index in [-0.39, 0.29) is 0 Å². The Hall–Kier alpha value is -2.41. The van der Waals surface area contributed by atoms with Crippen molar-refractivity contribution in [3.63, 3.8) is 0 Å². The first-order valence-electron chi connectivity index (χ1n) is 11.9. The van der Waals surface area contributed by atoms with Crippen LogP contribution in [-0.4, -0.2) is 41.3 Å². The number of rotatable bonds is 5. The molecule has 0 atom stereocenters. The van der Waals surface area contributed by atoms with Gasteiger partial charge in [0.25, 0.3) is 0 Å². The molecule has 1 fully saturated rings. The number of thiocarbonyl (C=S) groups is 1. The first-order valence-corrected chi connectivity index (χ1v) is 12.3. The van der Waals surface area contributed by atoms with Crippen LogP contribution >= 0.6 is 12.2 Å². The molecule has 0 unspecified atom stereocenters. The molecule has 172 valence electrons. The third-order valence-corrected chi connectivity index (χ3v) is 6.97. The van der Waals surface area contributed by atoms with Gasteiger partial charge in [-0.05, 0) is 101 Å². The topological polar surface area (TPSA) is 65.1 Å². The Balaban J connectivity index is 1.30. The van der Waals surface area contributed by atoms with Crippen LogP contribution in [0.3, 0.4) is 0 Å². The quantitative estimate of drug-likeness (QED) is 0.566. The highest BCUT2D eigenvalue weighted by Crippen LogP contribution is 2.29. The fourth-order valence-electron chi connectivity index (χ4n) is 4.75. The van der Waals surface area contributed by atoms with E-state index in [1.807, 2.05) is 0 Å². The van der Waals surface area contributed by atoms with E-state index in [9.17, 15) is 0 Å². The van der Waals surface area contributed by atoms with Gasteiger partial charge < -0.3 is 20.9 Å². The molecule has 32 heavy (non-hydrogen) atoms. The Morgan fingerprint density at radius 3 is 2.41 bits per heavy atom. The number of benzene rings is 1. The Bertz CT molecular complexity index is 965. The van der Waals surface area contributed by atoms with Gasteiger partial charge in [-0.15, -0.1) is 0 Å². The van der Waals surface area contributed by atoms with Gasteiger partial charge in [-0.1, -0.05) is 6.07 Å². The molecule has 0 bridgehead atoms. The van der Waals surface area contributed by atoms with Crippen molar-refractivity contribution in [3.8, 4) is 0 Å². The summed E-state index contributed by atoms with van der Waals surface area (Å²) in [6.45, 7) is 4.25. The van der Waals surface area contributed by atoms with Crippen LogP contribution in [0.5, 0.6) is 0 Å². The van der Waals surface area contributed by atoms with Crippen molar-refractivity contribution in [3.05, 3.63) is 40.6 Å². The van der Waals surface area contributed by atoms with Crippen molar-refractivity contribution in [1.82, 2.24) is 15.3 Å². The molecule has 1 heterocycles. The van der Waals surface area contributed by atoms with Crippen molar-refractivity contribution in [2.24, 2.45) is 0 Å². The number of aromatic nitrogens is 2. The summed E-state index contributed by atoms with van der Waals surface area (Å²) in [5, 5.41) is 11.2. The van der Waals surface area contributed by atoms with Gasteiger partial charge in [-0.25, -0.2) is 4.98 Å². The lowest BCUT2D eigenvalue weighted by Crippen LogP contribution is -2.42. The molecular weight excluding hydrogens is 416 g/mol. The third-order valence-electron chi connectivity index (χ3n) is 6.75. The van der Waals surface area contributed by atoms with E-state index in [0.717, 1.165) is 56.0 Å². The average molecular weight is 453 g/mol. The van der Waals surface area contributed by atoms with Crippen LogP contribution in [0.4, 0.5) is 17.5 Å². The highest BCUT2D eigenvalue weighted by atomic mass is 32.1. The number of hydrogen-bond donors (Lipinski definition) is 3. The SMILES string of the molecule is Cc1ccc(NC(=S)N[C@H]2CC[C@@H](Nc3nc4c(c(N(C)C)n3)CCCC4)CC2)cc1C. The molecule has 4 rings (SSSR count). The second kappa shape index (κ2) is 10.0. The lowest BCUT2D eigenvalue weighted by Gasteiger charge is -2.31. The number of nitrogens with zero attached hydrogens (tertiary/aromatic N) is 3. The lowest BCUT2D eigenvalue weighted by atomic mass is 9.91. The number of anilines is 3. The van der Waals surface area contributed by atoms with Crippen molar-refractivity contribution in [1.29, 1.82) is 0 Å². The van der Waals surface area contributed by atoms with E-state index in [1.54, 1.807) is 0 Å². The number of nitrogens with one attached hydrogen (secondary N) is 3. The Labute approximate surface area is 197 Å². The summed E-state index contributed by atoms with van der Waals surface area (Å²) >= 11 is 5.56. The van der Waals surface area contributed by atoms with Gasteiger partial charge in [-0.2, -0.15) is 4.98 Å². The number of hydrogen-bond acceptors (Lipinski definition) is 5. The van der Waals surface area contributed by atoms with E-state index in [4.69, 9.17) is 22.2 Å². The van der Waals surface area contributed by atoms with Crippen LogP contribution in [0.2, 0.25) is 0 Å². The minimum Gasteiger partial charge on any atom is -0.362 e. The van der Waals surface area contributed by atoms with Crippen LogP contribution in [0.25, 0.3) is 0 Å². The summed E-state index contributed by atoms with van der Waals surface area (Å²) in [6.07, 6.45) is 8.95. The monoisotopic (exact) mass is 452 g/mol. The molecule has 2 aromatic rings. The van der Waals surface area contributed by atoms with E-state index in [0.29, 0.717) is 17.2 Å². The second-order valence-electron chi connectivity index (χ2n) is 9.49. The maximum atomic E-state index is 5.56. The van der Waals surface area contributed by atoms with Gasteiger partial charge in [0, 0.05) is 37.4 Å². The summed E-state index contributed by atoms with van der Waals surface area (Å²) in [5.74, 6) is 1.87. The first-order chi connectivity index (χ1) is 15.4. The molecule has 0 aliphatic heterocycles. The Kier molecular flexibility index (Phi) is 7.13. The zero-order chi connectivity index (χ0) is 22.7. The van der Waals surface area contributed by atoms with Gasteiger partial charge >= 0.3 is 0 Å². The van der Waals surface area contributed by atoms with Crippen molar-refractivity contribution >= 4 is 34.8 Å². The Morgan fingerprint density at radius 1 is 0.969 bits per heavy atom. The van der Waals surface area contributed by atoms with Gasteiger partial charge in [0.2, 0.25) is 5.95 Å². The number of aryl methyl sites for hydroxylation is 3. The average Bonchev–Trinajstić information content (AvgIpc) is 2.77. The van der Waals surface area contributed by atoms with Crippen molar-refractivity contribution in [2.75, 3.05) is 29.6 Å². The molecule has 0 amide bonds. The fraction of sp³-hybridized carbons (Fsp3) is 0.560. The zero-order valence-corrected chi connectivity index (χ0v) is 20.6. The van der Waals surface area contributed by atoms with E-state index in [2.05, 4.69) is 67.0 Å². The molecule has 0 radical (unpaired) electrons. The second-order valence-corrected chi connectivity index (χ2v) is 9.90. The van der Waals surface area contributed by atoms with Crippen LogP contribution in [0.1, 0.15) is 60.9 Å². The summed E-state index contributed by atoms with van der Waals surface area (Å²) in [5.41, 5.74) is 6.18. The third kappa shape index (κ3) is 5.49. The normalized spacial score (nSPS) is 20.2. The van der Waals surface area contributed by atoms with Gasteiger partial charge in [0.05, 0.1) is 5.69 Å². The zero-order valence-electron chi connectivity index (χ0n) is 19.8. The molecular formula is C25H36N6S. The van der Waals surface area contributed by atoms with Crippen molar-refractivity contribution in [2.45, 2.75) is 77.3 Å². The molecule has 1 aromatic heterocycles. The van der Waals surface area contributed by atoms with Crippen molar-refractivity contribution < 1.29 is 0 Å².